The van der Waals surface area contributed by atoms with Crippen molar-refractivity contribution in [1.82, 2.24) is 0 Å². The van der Waals surface area contributed by atoms with Crippen molar-refractivity contribution in [1.29, 1.82) is 0 Å². The van der Waals surface area contributed by atoms with E-state index in [1.165, 1.54) is 0 Å². The summed E-state index contributed by atoms with van der Waals surface area (Å²) in [5.74, 6) is 0.168. The summed E-state index contributed by atoms with van der Waals surface area (Å²) in [6.07, 6.45) is 1.40. The fourth-order valence-electron chi connectivity index (χ4n) is 1.41. The van der Waals surface area contributed by atoms with Crippen LogP contribution in [0.5, 0.6) is 0 Å². The normalized spacial score (nSPS) is 18.0. The van der Waals surface area contributed by atoms with Gasteiger partial charge in [0.15, 0.2) is 0 Å². The molecular weight excluding hydrogens is 235 g/mol. The van der Waals surface area contributed by atoms with Crippen LogP contribution in [0, 0.1) is 5.92 Å². The van der Waals surface area contributed by atoms with Gasteiger partial charge in [-0.3, -0.25) is 0 Å². The van der Waals surface area contributed by atoms with Crippen molar-refractivity contribution >= 4 is 31.3 Å². The maximum atomic E-state index is 10.1. The van der Waals surface area contributed by atoms with Gasteiger partial charge in [0.05, 0.1) is 14.2 Å². The summed E-state index contributed by atoms with van der Waals surface area (Å²) in [5.41, 5.74) is 0. The summed E-state index contributed by atoms with van der Waals surface area (Å²) in [5, 5.41) is 10.1. The van der Waals surface area contributed by atoms with Crippen LogP contribution in [0.3, 0.4) is 0 Å². The number of hydrogen-bond donors (Lipinski definition) is 1. The quantitative estimate of drug-likeness (QED) is 0.586. The highest BCUT2D eigenvalue weighted by molar-refractivity contribution is 6.94. The Balaban J connectivity index is 4.57. The zero-order chi connectivity index (χ0) is 11.6. The number of halogens is 2. The predicted octanol–water partition coefficient (Wildman–Crippen LogP) is 3.83. The van der Waals surface area contributed by atoms with E-state index in [2.05, 4.69) is 26.6 Å². The first-order valence-electron chi connectivity index (χ1n) is 5.20. The summed E-state index contributed by atoms with van der Waals surface area (Å²) in [6, 6.07) is 0. The van der Waals surface area contributed by atoms with Crippen molar-refractivity contribution in [2.24, 2.45) is 5.92 Å². The van der Waals surface area contributed by atoms with Gasteiger partial charge in [0.1, 0.15) is 3.96 Å². The van der Waals surface area contributed by atoms with Crippen molar-refractivity contribution in [2.45, 2.75) is 56.4 Å². The lowest BCUT2D eigenvalue weighted by Crippen LogP contribution is -2.53. The van der Waals surface area contributed by atoms with Crippen LogP contribution >= 0.6 is 23.2 Å². The first kappa shape index (κ1) is 14.8. The van der Waals surface area contributed by atoms with Gasteiger partial charge in [-0.25, -0.2) is 0 Å². The molecule has 0 rings (SSSR count). The molecule has 0 heterocycles. The van der Waals surface area contributed by atoms with Gasteiger partial charge >= 0.3 is 0 Å². The van der Waals surface area contributed by atoms with Gasteiger partial charge in [-0.15, -0.1) is 23.2 Å². The Morgan fingerprint density at radius 2 is 1.71 bits per heavy atom. The van der Waals surface area contributed by atoms with Gasteiger partial charge in [-0.1, -0.05) is 39.9 Å². The molecule has 0 aromatic heterocycles. The molecule has 0 bridgehead atoms. The molecule has 1 N–H and O–H groups in total. The van der Waals surface area contributed by atoms with Gasteiger partial charge < -0.3 is 5.11 Å². The Hall–Kier alpha value is 0.757. The highest BCUT2D eigenvalue weighted by Crippen LogP contribution is 2.39. The molecule has 4 heteroatoms. The SMILES string of the molecule is CCCC(C)C(O)C(Cl)(Cl)[Si](C)(C)C. The molecule has 0 amide bonds. The first-order chi connectivity index (χ1) is 6.14. The monoisotopic (exact) mass is 256 g/mol. The van der Waals surface area contributed by atoms with Crippen LogP contribution in [0.4, 0.5) is 0 Å². The third kappa shape index (κ3) is 3.40. The summed E-state index contributed by atoms with van der Waals surface area (Å²) in [6.45, 7) is 10.3. The molecule has 14 heavy (non-hydrogen) atoms. The summed E-state index contributed by atoms with van der Waals surface area (Å²) in [4.78, 5) is 0. The molecule has 0 aliphatic rings. The minimum Gasteiger partial charge on any atom is -0.390 e. The second-order valence-corrected chi connectivity index (χ2v) is 12.4. The molecule has 0 aliphatic heterocycles. The fraction of sp³-hybridized carbons (Fsp3) is 1.00. The van der Waals surface area contributed by atoms with Crippen LogP contribution in [0.25, 0.3) is 0 Å². The second-order valence-electron chi connectivity index (χ2n) is 5.08. The average Bonchev–Trinajstić information content (AvgIpc) is 2.01. The van der Waals surface area contributed by atoms with Crippen molar-refractivity contribution in [3.63, 3.8) is 0 Å². The van der Waals surface area contributed by atoms with Crippen molar-refractivity contribution in [3.8, 4) is 0 Å². The molecular formula is C10H22Cl2OSi. The molecule has 2 unspecified atom stereocenters. The minimum absolute atomic E-state index is 0.168. The number of alkyl halides is 2. The summed E-state index contributed by atoms with van der Waals surface area (Å²) < 4.78 is -0.943. The maximum absolute atomic E-state index is 10.1. The first-order valence-corrected chi connectivity index (χ1v) is 9.46. The molecule has 86 valence electrons. The van der Waals surface area contributed by atoms with Crippen molar-refractivity contribution < 1.29 is 5.11 Å². The van der Waals surface area contributed by atoms with Crippen LogP contribution in [0.1, 0.15) is 26.7 Å². The van der Waals surface area contributed by atoms with Gasteiger partial charge in [-0.05, 0) is 12.3 Å². The zero-order valence-electron chi connectivity index (χ0n) is 9.77. The van der Waals surface area contributed by atoms with Gasteiger partial charge in [0.2, 0.25) is 0 Å². The summed E-state index contributed by atoms with van der Waals surface area (Å²) in [7, 11) is -1.76. The molecule has 0 radical (unpaired) electrons. The van der Waals surface area contributed by atoms with Crippen LogP contribution in [-0.2, 0) is 0 Å². The Kier molecular flexibility index (Phi) is 5.48. The average molecular weight is 257 g/mol. The molecule has 1 nitrogen and oxygen atoms in total. The fourth-order valence-corrected chi connectivity index (χ4v) is 3.02. The zero-order valence-corrected chi connectivity index (χ0v) is 12.3. The van der Waals surface area contributed by atoms with E-state index in [0.717, 1.165) is 12.8 Å². The maximum Gasteiger partial charge on any atom is 0.132 e. The lowest BCUT2D eigenvalue weighted by atomic mass is 10.0. The lowest BCUT2D eigenvalue weighted by Gasteiger charge is -2.39. The molecule has 0 fully saturated rings. The third-order valence-corrected chi connectivity index (χ3v) is 8.80. The molecule has 0 aromatic carbocycles. The molecule has 0 aliphatic carbocycles. The number of hydrogen-bond acceptors (Lipinski definition) is 1. The molecule has 0 aromatic rings. The van der Waals surface area contributed by atoms with E-state index in [1.54, 1.807) is 0 Å². The van der Waals surface area contributed by atoms with Crippen molar-refractivity contribution in [3.05, 3.63) is 0 Å². The Morgan fingerprint density at radius 1 is 1.29 bits per heavy atom. The Morgan fingerprint density at radius 3 is 2.00 bits per heavy atom. The molecule has 2 atom stereocenters. The van der Waals surface area contributed by atoms with E-state index in [1.807, 2.05) is 6.92 Å². The van der Waals surface area contributed by atoms with E-state index < -0.39 is 18.1 Å². The summed E-state index contributed by atoms with van der Waals surface area (Å²) >= 11 is 12.5. The van der Waals surface area contributed by atoms with E-state index in [9.17, 15) is 5.11 Å². The lowest BCUT2D eigenvalue weighted by molar-refractivity contribution is 0.112. The standard InChI is InChI=1S/C10H22Cl2OSi/c1-6-7-8(2)9(13)10(11,12)14(3,4)5/h8-9,13H,6-7H2,1-5H3. The van der Waals surface area contributed by atoms with Crippen LogP contribution in [0.2, 0.25) is 19.6 Å². The van der Waals surface area contributed by atoms with E-state index >= 15 is 0 Å². The smallest absolute Gasteiger partial charge is 0.132 e. The third-order valence-electron chi connectivity index (χ3n) is 2.65. The number of aliphatic hydroxyl groups excluding tert-OH is 1. The van der Waals surface area contributed by atoms with E-state index in [4.69, 9.17) is 23.2 Å². The Bertz CT molecular complexity index is 177. The second kappa shape index (κ2) is 5.20. The van der Waals surface area contributed by atoms with Gasteiger partial charge in [0.25, 0.3) is 0 Å². The highest BCUT2D eigenvalue weighted by Gasteiger charge is 2.47. The van der Waals surface area contributed by atoms with Crippen LogP contribution in [0.15, 0.2) is 0 Å². The topological polar surface area (TPSA) is 20.2 Å². The van der Waals surface area contributed by atoms with Gasteiger partial charge in [-0.2, -0.15) is 0 Å². The van der Waals surface area contributed by atoms with Crippen LogP contribution < -0.4 is 0 Å². The molecule has 0 spiro atoms. The van der Waals surface area contributed by atoms with Gasteiger partial charge in [0, 0.05) is 0 Å². The van der Waals surface area contributed by atoms with E-state index in [-0.39, 0.29) is 5.92 Å². The molecule has 0 saturated carbocycles. The molecule has 0 saturated heterocycles. The highest BCUT2D eigenvalue weighted by atomic mass is 35.5. The van der Waals surface area contributed by atoms with Crippen LogP contribution in [-0.4, -0.2) is 23.2 Å². The Labute approximate surface area is 98.8 Å². The number of aliphatic hydroxyl groups is 1. The predicted molar refractivity (Wildman–Crippen MR) is 67.9 cm³/mol. The minimum atomic E-state index is -1.76. The van der Waals surface area contributed by atoms with Crippen molar-refractivity contribution in [2.75, 3.05) is 0 Å². The van der Waals surface area contributed by atoms with E-state index in [0.29, 0.717) is 0 Å². The largest absolute Gasteiger partial charge is 0.390 e. The number of rotatable bonds is 5.